The summed E-state index contributed by atoms with van der Waals surface area (Å²) < 4.78 is 6.81. The van der Waals surface area contributed by atoms with Crippen molar-refractivity contribution in [1.82, 2.24) is 24.8 Å². The van der Waals surface area contributed by atoms with Crippen LogP contribution >= 0.6 is 11.3 Å². The molecule has 0 radical (unpaired) electrons. The number of aromatic nitrogens is 3. The first kappa shape index (κ1) is 17.4. The third-order valence-electron chi connectivity index (χ3n) is 4.67. The van der Waals surface area contributed by atoms with Crippen LogP contribution < -0.4 is 15.8 Å². The summed E-state index contributed by atoms with van der Waals surface area (Å²) in [5.41, 5.74) is -0.177. The van der Waals surface area contributed by atoms with Crippen LogP contribution in [0.2, 0.25) is 0 Å². The smallest absolute Gasteiger partial charge is 0.274 e. The molecule has 2 aliphatic heterocycles. The van der Waals surface area contributed by atoms with E-state index in [1.165, 1.54) is 21.9 Å². The monoisotopic (exact) mass is 378 g/mol. The van der Waals surface area contributed by atoms with Crippen LogP contribution in [0.5, 0.6) is 0 Å². The number of hydrogen-bond donors (Lipinski definition) is 1. The first-order valence-corrected chi connectivity index (χ1v) is 9.76. The topological polar surface area (TPSA) is 92.1 Å². The highest BCUT2D eigenvalue weighted by Crippen LogP contribution is 2.25. The van der Waals surface area contributed by atoms with Crippen molar-refractivity contribution in [2.24, 2.45) is 0 Å². The second kappa shape index (κ2) is 7.68. The lowest BCUT2D eigenvalue weighted by Crippen LogP contribution is -2.41. The average molecular weight is 378 g/mol. The van der Waals surface area contributed by atoms with Gasteiger partial charge in [0, 0.05) is 45.3 Å². The van der Waals surface area contributed by atoms with Gasteiger partial charge in [-0.15, -0.1) is 5.10 Å². The van der Waals surface area contributed by atoms with Crippen molar-refractivity contribution in [3.05, 3.63) is 22.1 Å². The minimum Gasteiger partial charge on any atom is -0.379 e. The molecule has 26 heavy (non-hydrogen) atoms. The van der Waals surface area contributed by atoms with Crippen molar-refractivity contribution in [2.45, 2.75) is 12.8 Å². The SMILES string of the molecule is O=C(NCCN1CCOCC1)c1cc(=O)nc2sc(N3CCCC3)nn12. The van der Waals surface area contributed by atoms with Crippen LogP contribution in [-0.2, 0) is 4.74 Å². The fourth-order valence-corrected chi connectivity index (χ4v) is 4.20. The highest BCUT2D eigenvalue weighted by molar-refractivity contribution is 7.20. The van der Waals surface area contributed by atoms with Gasteiger partial charge in [0.05, 0.1) is 13.2 Å². The zero-order valence-corrected chi connectivity index (χ0v) is 15.3. The molecule has 2 aliphatic rings. The molecule has 0 spiro atoms. The van der Waals surface area contributed by atoms with Crippen LogP contribution in [0.3, 0.4) is 0 Å². The Bertz CT molecular complexity index is 838. The summed E-state index contributed by atoms with van der Waals surface area (Å²) in [7, 11) is 0. The molecule has 0 atom stereocenters. The highest BCUT2D eigenvalue weighted by Gasteiger charge is 2.20. The molecule has 2 saturated heterocycles. The lowest BCUT2D eigenvalue weighted by molar-refractivity contribution is 0.0383. The summed E-state index contributed by atoms with van der Waals surface area (Å²) in [5, 5.41) is 8.22. The van der Waals surface area contributed by atoms with E-state index in [9.17, 15) is 9.59 Å². The van der Waals surface area contributed by atoms with Gasteiger partial charge in [0.15, 0.2) is 0 Å². The van der Waals surface area contributed by atoms with Crippen molar-refractivity contribution < 1.29 is 9.53 Å². The van der Waals surface area contributed by atoms with E-state index in [1.807, 2.05) is 0 Å². The first-order chi connectivity index (χ1) is 12.7. The Labute approximate surface area is 154 Å². The minimum atomic E-state index is -0.417. The second-order valence-electron chi connectivity index (χ2n) is 6.46. The number of amides is 1. The third-order valence-corrected chi connectivity index (χ3v) is 5.64. The summed E-state index contributed by atoms with van der Waals surface area (Å²) in [6, 6.07) is 1.25. The lowest BCUT2D eigenvalue weighted by atomic mass is 10.3. The number of fused-ring (bicyclic) bond motifs is 1. The van der Waals surface area contributed by atoms with Gasteiger partial charge in [-0.25, -0.2) is 0 Å². The number of nitrogens with zero attached hydrogens (tertiary/aromatic N) is 5. The Balaban J connectivity index is 1.48. The molecule has 1 N–H and O–H groups in total. The number of ether oxygens (including phenoxy) is 1. The molecule has 0 unspecified atom stereocenters. The van der Waals surface area contributed by atoms with E-state index in [4.69, 9.17) is 4.74 Å². The van der Waals surface area contributed by atoms with Crippen LogP contribution in [0.25, 0.3) is 4.96 Å². The number of rotatable bonds is 5. The number of hydrogen-bond acceptors (Lipinski definition) is 8. The highest BCUT2D eigenvalue weighted by atomic mass is 32.1. The van der Waals surface area contributed by atoms with Gasteiger partial charge >= 0.3 is 0 Å². The molecule has 10 heteroatoms. The Hall–Kier alpha value is -2.04. The third kappa shape index (κ3) is 3.71. The van der Waals surface area contributed by atoms with Gasteiger partial charge in [0.1, 0.15) is 5.69 Å². The molecule has 2 fully saturated rings. The standard InChI is InChI=1S/C16H22N6O3S/c23-13-11-12(14(24)17-3-6-20-7-9-25-10-8-20)22-15(18-13)26-16(19-22)21-4-1-2-5-21/h11H,1-10H2,(H,17,24). The molecule has 0 aromatic carbocycles. The maximum Gasteiger partial charge on any atom is 0.274 e. The van der Waals surface area contributed by atoms with E-state index in [-0.39, 0.29) is 11.6 Å². The minimum absolute atomic E-state index is 0.240. The first-order valence-electron chi connectivity index (χ1n) is 8.95. The predicted molar refractivity (Wildman–Crippen MR) is 98.2 cm³/mol. The largest absolute Gasteiger partial charge is 0.379 e. The van der Waals surface area contributed by atoms with Crippen LogP contribution in [-0.4, -0.2) is 77.9 Å². The number of carbonyl (C=O) groups excluding carboxylic acids is 1. The molecule has 1 amide bonds. The predicted octanol–water partition coefficient (Wildman–Crippen LogP) is -0.187. The Morgan fingerprint density at radius 3 is 2.77 bits per heavy atom. The van der Waals surface area contributed by atoms with Crippen LogP contribution in [0.4, 0.5) is 5.13 Å². The van der Waals surface area contributed by atoms with Crippen LogP contribution in [0, 0.1) is 0 Å². The Morgan fingerprint density at radius 2 is 2.00 bits per heavy atom. The van der Waals surface area contributed by atoms with Gasteiger partial charge in [0.25, 0.3) is 11.5 Å². The lowest BCUT2D eigenvalue weighted by Gasteiger charge is -2.26. The van der Waals surface area contributed by atoms with E-state index in [1.54, 1.807) is 0 Å². The van der Waals surface area contributed by atoms with E-state index < -0.39 is 5.56 Å². The van der Waals surface area contributed by atoms with Gasteiger partial charge in [-0.05, 0) is 12.8 Å². The Morgan fingerprint density at radius 1 is 1.23 bits per heavy atom. The normalized spacial score (nSPS) is 18.5. The zero-order chi connectivity index (χ0) is 17.9. The molecule has 0 saturated carbocycles. The molecule has 140 valence electrons. The summed E-state index contributed by atoms with van der Waals surface area (Å²) >= 11 is 1.35. The van der Waals surface area contributed by atoms with E-state index in [0.717, 1.165) is 63.9 Å². The van der Waals surface area contributed by atoms with Gasteiger partial charge < -0.3 is 15.0 Å². The summed E-state index contributed by atoms with van der Waals surface area (Å²) in [4.78, 5) is 33.4. The number of morpholine rings is 1. The van der Waals surface area contributed by atoms with E-state index >= 15 is 0 Å². The number of anilines is 1. The fourth-order valence-electron chi connectivity index (χ4n) is 3.25. The van der Waals surface area contributed by atoms with E-state index in [2.05, 4.69) is 25.2 Å². The summed E-state index contributed by atoms with van der Waals surface area (Å²) in [5.74, 6) is -0.300. The van der Waals surface area contributed by atoms with Crippen LogP contribution in [0.15, 0.2) is 10.9 Å². The molecule has 2 aromatic rings. The van der Waals surface area contributed by atoms with Crippen molar-refractivity contribution in [3.63, 3.8) is 0 Å². The quantitative estimate of drug-likeness (QED) is 0.771. The zero-order valence-electron chi connectivity index (χ0n) is 14.5. The van der Waals surface area contributed by atoms with Crippen molar-refractivity contribution >= 4 is 27.3 Å². The maximum atomic E-state index is 12.6. The second-order valence-corrected chi connectivity index (χ2v) is 7.40. The van der Waals surface area contributed by atoms with Crippen LogP contribution in [0.1, 0.15) is 23.3 Å². The summed E-state index contributed by atoms with van der Waals surface area (Å²) in [6.45, 7) is 6.38. The molecular formula is C16H22N6O3S. The van der Waals surface area contributed by atoms with Gasteiger partial charge in [-0.3, -0.25) is 14.5 Å². The van der Waals surface area contributed by atoms with Gasteiger partial charge in [0.2, 0.25) is 10.1 Å². The number of carbonyl (C=O) groups is 1. The maximum absolute atomic E-state index is 12.6. The molecule has 0 aliphatic carbocycles. The average Bonchev–Trinajstić information content (AvgIpc) is 3.31. The van der Waals surface area contributed by atoms with Crippen molar-refractivity contribution in [2.75, 3.05) is 57.4 Å². The van der Waals surface area contributed by atoms with Crippen molar-refractivity contribution in [1.29, 1.82) is 0 Å². The molecule has 4 heterocycles. The Kier molecular flexibility index (Phi) is 5.14. The van der Waals surface area contributed by atoms with Gasteiger partial charge in [-0.1, -0.05) is 11.3 Å². The molecule has 2 aromatic heterocycles. The molecule has 9 nitrogen and oxygen atoms in total. The van der Waals surface area contributed by atoms with Crippen molar-refractivity contribution in [3.8, 4) is 0 Å². The fraction of sp³-hybridized carbons (Fsp3) is 0.625. The summed E-state index contributed by atoms with van der Waals surface area (Å²) in [6.07, 6.45) is 2.27. The van der Waals surface area contributed by atoms with Gasteiger partial charge in [-0.2, -0.15) is 9.50 Å². The van der Waals surface area contributed by atoms with E-state index in [0.29, 0.717) is 11.5 Å². The molecule has 0 bridgehead atoms. The number of nitrogens with one attached hydrogen (secondary N) is 1. The molecular weight excluding hydrogens is 356 g/mol. The molecule has 4 rings (SSSR count).